The van der Waals surface area contributed by atoms with Gasteiger partial charge in [0.1, 0.15) is 0 Å². The summed E-state index contributed by atoms with van der Waals surface area (Å²) in [6, 6.07) is 13.0. The molecule has 0 saturated carbocycles. The molecule has 0 aliphatic rings. The Kier molecular flexibility index (Phi) is 4.51. The van der Waals surface area contributed by atoms with Gasteiger partial charge in [-0.3, -0.25) is 4.79 Å². The average molecular weight is 292 g/mol. The Labute approximate surface area is 123 Å². The molecule has 4 heteroatoms. The zero-order chi connectivity index (χ0) is 13.8. The molecule has 2 rings (SSSR count). The first-order valence-electron chi connectivity index (χ1n) is 5.89. The fourth-order valence-electron chi connectivity index (χ4n) is 1.77. The highest BCUT2D eigenvalue weighted by Gasteiger charge is 2.10. The number of hydrogen-bond acceptors (Lipinski definition) is 2. The summed E-state index contributed by atoms with van der Waals surface area (Å²) in [5.41, 5.74) is 2.69. The lowest BCUT2D eigenvalue weighted by Crippen LogP contribution is -2.23. The van der Waals surface area contributed by atoms with Gasteiger partial charge in [0.15, 0.2) is 0 Å². The Morgan fingerprint density at radius 1 is 1.26 bits per heavy atom. The molecule has 0 fully saturated rings. The van der Waals surface area contributed by atoms with Gasteiger partial charge in [-0.05, 0) is 36.2 Å². The number of halogens is 1. The van der Waals surface area contributed by atoms with Gasteiger partial charge in [0, 0.05) is 11.4 Å². The van der Waals surface area contributed by atoms with Crippen LogP contribution < -0.4 is 5.32 Å². The van der Waals surface area contributed by atoms with E-state index in [0.29, 0.717) is 22.0 Å². The van der Waals surface area contributed by atoms with Crippen molar-refractivity contribution >= 4 is 30.1 Å². The fourth-order valence-corrected chi connectivity index (χ4v) is 2.17. The van der Waals surface area contributed by atoms with E-state index < -0.39 is 0 Å². The number of nitrogens with one attached hydrogen (secondary N) is 1. The van der Waals surface area contributed by atoms with Crippen molar-refractivity contribution in [2.75, 3.05) is 0 Å². The molecule has 0 spiro atoms. The summed E-state index contributed by atoms with van der Waals surface area (Å²) in [5, 5.41) is 3.30. The number of carbonyl (C=O) groups excluding carboxylic acids is 1. The van der Waals surface area contributed by atoms with Crippen molar-refractivity contribution in [2.24, 2.45) is 0 Å². The van der Waals surface area contributed by atoms with Crippen molar-refractivity contribution in [3.63, 3.8) is 0 Å². The Morgan fingerprint density at radius 2 is 2.00 bits per heavy atom. The van der Waals surface area contributed by atoms with E-state index in [1.54, 1.807) is 18.2 Å². The molecule has 0 saturated heterocycles. The monoisotopic (exact) mass is 291 g/mol. The molecule has 2 aromatic carbocycles. The minimum Gasteiger partial charge on any atom is -0.348 e. The molecule has 0 aliphatic carbocycles. The maximum absolute atomic E-state index is 12.1. The van der Waals surface area contributed by atoms with Crippen LogP contribution in [0.2, 0.25) is 5.02 Å². The van der Waals surface area contributed by atoms with Crippen molar-refractivity contribution in [1.82, 2.24) is 5.32 Å². The third-order valence-electron chi connectivity index (χ3n) is 2.90. The third kappa shape index (κ3) is 3.52. The van der Waals surface area contributed by atoms with Gasteiger partial charge in [-0.2, -0.15) is 0 Å². The molecule has 1 amide bonds. The first kappa shape index (κ1) is 14.0. The molecule has 0 unspecified atom stereocenters. The van der Waals surface area contributed by atoms with Crippen LogP contribution in [0.3, 0.4) is 0 Å². The predicted octanol–water partition coefficient (Wildman–Crippen LogP) is 3.87. The third-order valence-corrected chi connectivity index (χ3v) is 3.50. The highest BCUT2D eigenvalue weighted by atomic mass is 35.5. The van der Waals surface area contributed by atoms with Crippen LogP contribution in [0.4, 0.5) is 0 Å². The van der Waals surface area contributed by atoms with Crippen LogP contribution in [0.15, 0.2) is 47.4 Å². The van der Waals surface area contributed by atoms with E-state index in [9.17, 15) is 4.79 Å². The largest absolute Gasteiger partial charge is 0.348 e. The van der Waals surface area contributed by atoms with Gasteiger partial charge in [-0.15, -0.1) is 12.6 Å². The van der Waals surface area contributed by atoms with Crippen molar-refractivity contribution in [3.8, 4) is 0 Å². The fraction of sp³-hybridized carbons (Fsp3) is 0.133. The van der Waals surface area contributed by atoms with Crippen LogP contribution in [-0.2, 0) is 6.54 Å². The maximum Gasteiger partial charge on any atom is 0.253 e. The summed E-state index contributed by atoms with van der Waals surface area (Å²) in [6.07, 6.45) is 0. The summed E-state index contributed by atoms with van der Waals surface area (Å²) >= 11 is 10.2. The molecule has 98 valence electrons. The molecule has 0 bridgehead atoms. The smallest absolute Gasteiger partial charge is 0.253 e. The van der Waals surface area contributed by atoms with Gasteiger partial charge < -0.3 is 5.32 Å². The van der Waals surface area contributed by atoms with Crippen LogP contribution in [0, 0.1) is 6.92 Å². The number of aryl methyl sites for hydroxylation is 1. The van der Waals surface area contributed by atoms with E-state index in [1.165, 1.54) is 0 Å². The number of hydrogen-bond donors (Lipinski definition) is 2. The highest BCUT2D eigenvalue weighted by molar-refractivity contribution is 7.80. The van der Waals surface area contributed by atoms with Gasteiger partial charge in [0.2, 0.25) is 0 Å². The van der Waals surface area contributed by atoms with E-state index in [1.807, 2.05) is 31.2 Å². The standard InChI is InChI=1S/C15H14ClNOS/c1-10-4-2-3-5-11(10)9-17-15(18)13-8-12(19)6-7-14(13)16/h2-8,19H,9H2,1H3,(H,17,18). The summed E-state index contributed by atoms with van der Waals surface area (Å²) in [7, 11) is 0. The minimum absolute atomic E-state index is 0.191. The molecule has 2 aromatic rings. The predicted molar refractivity (Wildman–Crippen MR) is 81.1 cm³/mol. The average Bonchev–Trinajstić information content (AvgIpc) is 2.40. The number of amides is 1. The minimum atomic E-state index is -0.191. The topological polar surface area (TPSA) is 29.1 Å². The quantitative estimate of drug-likeness (QED) is 0.826. The van der Waals surface area contributed by atoms with Crippen LogP contribution in [-0.4, -0.2) is 5.91 Å². The normalized spacial score (nSPS) is 10.3. The second kappa shape index (κ2) is 6.13. The van der Waals surface area contributed by atoms with E-state index in [-0.39, 0.29) is 5.91 Å². The number of rotatable bonds is 3. The SMILES string of the molecule is Cc1ccccc1CNC(=O)c1cc(S)ccc1Cl. The molecule has 0 aromatic heterocycles. The van der Waals surface area contributed by atoms with Gasteiger partial charge in [0.25, 0.3) is 5.91 Å². The number of thiol groups is 1. The van der Waals surface area contributed by atoms with Crippen LogP contribution in [0.5, 0.6) is 0 Å². The highest BCUT2D eigenvalue weighted by Crippen LogP contribution is 2.19. The van der Waals surface area contributed by atoms with E-state index in [0.717, 1.165) is 11.1 Å². The molecular formula is C15H14ClNOS. The molecular weight excluding hydrogens is 278 g/mol. The maximum atomic E-state index is 12.1. The van der Waals surface area contributed by atoms with Crippen LogP contribution in [0.25, 0.3) is 0 Å². The van der Waals surface area contributed by atoms with Gasteiger partial charge in [-0.1, -0.05) is 35.9 Å². The molecule has 0 heterocycles. The lowest BCUT2D eigenvalue weighted by atomic mass is 10.1. The zero-order valence-electron chi connectivity index (χ0n) is 10.5. The van der Waals surface area contributed by atoms with Crippen LogP contribution in [0.1, 0.15) is 21.5 Å². The Bertz CT molecular complexity index is 613. The summed E-state index contributed by atoms with van der Waals surface area (Å²) in [4.78, 5) is 12.8. The van der Waals surface area contributed by atoms with E-state index >= 15 is 0 Å². The second-order valence-electron chi connectivity index (χ2n) is 4.27. The zero-order valence-corrected chi connectivity index (χ0v) is 12.1. The molecule has 0 radical (unpaired) electrons. The Hall–Kier alpha value is -1.45. The van der Waals surface area contributed by atoms with E-state index in [2.05, 4.69) is 17.9 Å². The van der Waals surface area contributed by atoms with Gasteiger partial charge in [-0.25, -0.2) is 0 Å². The van der Waals surface area contributed by atoms with Crippen LogP contribution >= 0.6 is 24.2 Å². The van der Waals surface area contributed by atoms with Crippen molar-refractivity contribution in [3.05, 3.63) is 64.2 Å². The number of benzene rings is 2. The van der Waals surface area contributed by atoms with Crippen molar-refractivity contribution in [1.29, 1.82) is 0 Å². The molecule has 1 N–H and O–H groups in total. The first-order chi connectivity index (χ1) is 9.08. The molecule has 19 heavy (non-hydrogen) atoms. The van der Waals surface area contributed by atoms with Crippen molar-refractivity contribution < 1.29 is 4.79 Å². The van der Waals surface area contributed by atoms with E-state index in [4.69, 9.17) is 11.6 Å². The molecule has 0 aliphatic heterocycles. The second-order valence-corrected chi connectivity index (χ2v) is 5.20. The summed E-state index contributed by atoms with van der Waals surface area (Å²) in [5.74, 6) is -0.191. The van der Waals surface area contributed by atoms with Gasteiger partial charge in [0.05, 0.1) is 10.6 Å². The molecule has 0 atom stereocenters. The first-order valence-corrected chi connectivity index (χ1v) is 6.71. The summed E-state index contributed by atoms with van der Waals surface area (Å²) < 4.78 is 0. The number of carbonyl (C=O) groups is 1. The Balaban J connectivity index is 2.10. The Morgan fingerprint density at radius 3 is 2.74 bits per heavy atom. The molecule has 2 nitrogen and oxygen atoms in total. The lowest BCUT2D eigenvalue weighted by Gasteiger charge is -2.09. The van der Waals surface area contributed by atoms with Gasteiger partial charge >= 0.3 is 0 Å². The van der Waals surface area contributed by atoms with Crippen molar-refractivity contribution in [2.45, 2.75) is 18.4 Å². The summed E-state index contributed by atoms with van der Waals surface area (Å²) in [6.45, 7) is 2.50. The lowest BCUT2D eigenvalue weighted by molar-refractivity contribution is 0.0951.